The van der Waals surface area contributed by atoms with Crippen molar-refractivity contribution in [2.24, 2.45) is 0 Å². The molecule has 0 saturated heterocycles. The number of benzene rings is 3. The average Bonchev–Trinajstić information content (AvgIpc) is 2.64. The van der Waals surface area contributed by atoms with E-state index in [2.05, 4.69) is 47.8 Å². The third-order valence-electron chi connectivity index (χ3n) is 5.47. The molecule has 130 valence electrons. The molecule has 1 fully saturated rings. The number of carbonyl (C=O) groups excluding carboxylic acids is 1. The summed E-state index contributed by atoms with van der Waals surface area (Å²) in [7, 11) is 0. The molecule has 1 saturated carbocycles. The van der Waals surface area contributed by atoms with E-state index in [1.54, 1.807) is 0 Å². The van der Waals surface area contributed by atoms with E-state index in [9.17, 15) is 4.79 Å². The molecule has 0 aliphatic heterocycles. The molecule has 0 spiro atoms. The molecule has 4 rings (SSSR count). The maximum Gasteiger partial charge on any atom is 0.235 e. The van der Waals surface area contributed by atoms with Gasteiger partial charge < -0.3 is 5.32 Å². The summed E-state index contributed by atoms with van der Waals surface area (Å²) in [5, 5.41) is 3.23. The fourth-order valence-corrected chi connectivity index (χ4v) is 3.79. The quantitative estimate of drug-likeness (QED) is 0.667. The van der Waals surface area contributed by atoms with Crippen LogP contribution in [0.2, 0.25) is 0 Å². The first kappa shape index (κ1) is 16.6. The normalized spacial score (nSPS) is 15.1. The summed E-state index contributed by atoms with van der Waals surface area (Å²) >= 11 is 0. The molecule has 1 aliphatic carbocycles. The van der Waals surface area contributed by atoms with Gasteiger partial charge in [0.1, 0.15) is 0 Å². The number of hydrogen-bond acceptors (Lipinski definition) is 1. The Morgan fingerprint density at radius 1 is 0.808 bits per heavy atom. The van der Waals surface area contributed by atoms with Crippen LogP contribution in [0, 0.1) is 0 Å². The van der Waals surface area contributed by atoms with Crippen molar-refractivity contribution in [3.8, 4) is 0 Å². The Morgan fingerprint density at radius 2 is 1.42 bits per heavy atom. The number of carbonyl (C=O) groups is 1. The largest absolute Gasteiger partial charge is 0.325 e. The lowest BCUT2D eigenvalue weighted by molar-refractivity contribution is -0.124. The first-order chi connectivity index (χ1) is 12.8. The van der Waals surface area contributed by atoms with E-state index >= 15 is 0 Å². The van der Waals surface area contributed by atoms with Crippen molar-refractivity contribution in [1.82, 2.24) is 0 Å². The fourth-order valence-electron chi connectivity index (χ4n) is 3.79. The van der Waals surface area contributed by atoms with Gasteiger partial charge in [0.2, 0.25) is 5.91 Å². The van der Waals surface area contributed by atoms with E-state index in [0.717, 1.165) is 42.5 Å². The SMILES string of the molecule is O=C(Nc1ccccc1Cc1ccccc1)C1(c2ccccc2)CCC1. The van der Waals surface area contributed by atoms with Crippen LogP contribution in [0.1, 0.15) is 36.0 Å². The minimum Gasteiger partial charge on any atom is -0.325 e. The highest BCUT2D eigenvalue weighted by atomic mass is 16.2. The second-order valence-electron chi connectivity index (χ2n) is 7.08. The maximum absolute atomic E-state index is 13.2. The zero-order chi connectivity index (χ0) is 17.8. The summed E-state index contributed by atoms with van der Waals surface area (Å²) in [5.41, 5.74) is 4.07. The van der Waals surface area contributed by atoms with Gasteiger partial charge >= 0.3 is 0 Å². The van der Waals surface area contributed by atoms with Crippen molar-refractivity contribution < 1.29 is 4.79 Å². The van der Waals surface area contributed by atoms with Crippen LogP contribution in [0.15, 0.2) is 84.9 Å². The van der Waals surface area contributed by atoms with Gasteiger partial charge in [-0.15, -0.1) is 0 Å². The molecule has 0 radical (unpaired) electrons. The first-order valence-electron chi connectivity index (χ1n) is 9.27. The Balaban J connectivity index is 1.58. The van der Waals surface area contributed by atoms with Crippen LogP contribution in [0.25, 0.3) is 0 Å². The number of rotatable bonds is 5. The zero-order valence-corrected chi connectivity index (χ0v) is 14.8. The van der Waals surface area contributed by atoms with Crippen molar-refractivity contribution >= 4 is 11.6 Å². The van der Waals surface area contributed by atoms with E-state index in [1.165, 1.54) is 5.56 Å². The monoisotopic (exact) mass is 341 g/mol. The van der Waals surface area contributed by atoms with E-state index in [0.29, 0.717) is 0 Å². The molecule has 2 heteroatoms. The fraction of sp³-hybridized carbons (Fsp3) is 0.208. The van der Waals surface area contributed by atoms with Gasteiger partial charge in [0.15, 0.2) is 0 Å². The van der Waals surface area contributed by atoms with Crippen LogP contribution in [-0.2, 0) is 16.6 Å². The average molecular weight is 341 g/mol. The number of hydrogen-bond donors (Lipinski definition) is 1. The van der Waals surface area contributed by atoms with Crippen LogP contribution in [0.4, 0.5) is 5.69 Å². The number of anilines is 1. The molecule has 1 amide bonds. The van der Waals surface area contributed by atoms with Crippen LogP contribution >= 0.6 is 0 Å². The standard InChI is InChI=1S/C24H23NO/c26-23(24(16-9-17-24)21-13-5-2-6-14-21)25-22-15-8-7-12-20(22)18-19-10-3-1-4-11-19/h1-8,10-15H,9,16-18H2,(H,25,26). The van der Waals surface area contributed by atoms with Crippen molar-refractivity contribution in [3.63, 3.8) is 0 Å². The zero-order valence-electron chi connectivity index (χ0n) is 14.8. The van der Waals surface area contributed by atoms with E-state index in [-0.39, 0.29) is 11.3 Å². The number of amides is 1. The molecule has 1 N–H and O–H groups in total. The van der Waals surface area contributed by atoms with E-state index < -0.39 is 0 Å². The van der Waals surface area contributed by atoms with E-state index in [4.69, 9.17) is 0 Å². The summed E-state index contributed by atoms with van der Waals surface area (Å²) in [6.45, 7) is 0. The molecular weight excluding hydrogens is 318 g/mol. The predicted octanol–water partition coefficient (Wildman–Crippen LogP) is 5.34. The van der Waals surface area contributed by atoms with Gasteiger partial charge in [0, 0.05) is 5.69 Å². The number of para-hydroxylation sites is 1. The Morgan fingerprint density at radius 3 is 2.08 bits per heavy atom. The van der Waals surface area contributed by atoms with Crippen LogP contribution in [-0.4, -0.2) is 5.91 Å². The van der Waals surface area contributed by atoms with Crippen LogP contribution in [0.3, 0.4) is 0 Å². The highest BCUT2D eigenvalue weighted by Gasteiger charge is 2.45. The van der Waals surface area contributed by atoms with Crippen LogP contribution in [0.5, 0.6) is 0 Å². The highest BCUT2D eigenvalue weighted by Crippen LogP contribution is 2.44. The molecule has 0 atom stereocenters. The summed E-state index contributed by atoms with van der Waals surface area (Å²) in [6, 6.07) is 28.7. The predicted molar refractivity (Wildman–Crippen MR) is 106 cm³/mol. The maximum atomic E-state index is 13.2. The first-order valence-corrected chi connectivity index (χ1v) is 9.27. The highest BCUT2D eigenvalue weighted by molar-refractivity contribution is 6.00. The lowest BCUT2D eigenvalue weighted by Gasteiger charge is -2.40. The molecule has 3 aromatic carbocycles. The Hall–Kier alpha value is -2.87. The summed E-state index contributed by atoms with van der Waals surface area (Å²) in [4.78, 5) is 13.2. The Bertz CT molecular complexity index is 882. The molecular formula is C24H23NO. The summed E-state index contributed by atoms with van der Waals surface area (Å²) in [6.07, 6.45) is 3.76. The molecule has 0 unspecified atom stereocenters. The van der Waals surface area contributed by atoms with Gasteiger partial charge in [-0.2, -0.15) is 0 Å². The van der Waals surface area contributed by atoms with Gasteiger partial charge in [-0.05, 0) is 42.0 Å². The second-order valence-corrected chi connectivity index (χ2v) is 7.08. The lowest BCUT2D eigenvalue weighted by atomic mass is 9.64. The smallest absolute Gasteiger partial charge is 0.235 e. The molecule has 0 heterocycles. The van der Waals surface area contributed by atoms with Gasteiger partial charge in [-0.3, -0.25) is 4.79 Å². The Kier molecular flexibility index (Phi) is 4.57. The third kappa shape index (κ3) is 3.15. The summed E-state index contributed by atoms with van der Waals surface area (Å²) in [5.74, 6) is 0.121. The summed E-state index contributed by atoms with van der Waals surface area (Å²) < 4.78 is 0. The molecule has 1 aliphatic rings. The molecule has 0 aromatic heterocycles. The van der Waals surface area contributed by atoms with Gasteiger partial charge in [0.25, 0.3) is 0 Å². The topological polar surface area (TPSA) is 29.1 Å². The van der Waals surface area contributed by atoms with Crippen molar-refractivity contribution in [3.05, 3.63) is 102 Å². The third-order valence-corrected chi connectivity index (χ3v) is 5.47. The minimum atomic E-state index is -0.374. The second kappa shape index (κ2) is 7.17. The Labute approximate surface area is 154 Å². The van der Waals surface area contributed by atoms with Gasteiger partial charge in [-0.25, -0.2) is 0 Å². The molecule has 2 nitrogen and oxygen atoms in total. The van der Waals surface area contributed by atoms with Gasteiger partial charge in [0.05, 0.1) is 5.41 Å². The minimum absolute atomic E-state index is 0.121. The number of nitrogens with one attached hydrogen (secondary N) is 1. The van der Waals surface area contributed by atoms with Crippen molar-refractivity contribution in [2.75, 3.05) is 5.32 Å². The molecule has 3 aromatic rings. The van der Waals surface area contributed by atoms with Crippen molar-refractivity contribution in [2.45, 2.75) is 31.1 Å². The molecule has 0 bridgehead atoms. The van der Waals surface area contributed by atoms with Crippen LogP contribution < -0.4 is 5.32 Å². The lowest BCUT2D eigenvalue weighted by Crippen LogP contribution is -2.46. The molecule has 26 heavy (non-hydrogen) atoms. The van der Waals surface area contributed by atoms with Crippen molar-refractivity contribution in [1.29, 1.82) is 0 Å². The van der Waals surface area contributed by atoms with E-state index in [1.807, 2.05) is 42.5 Å². The van der Waals surface area contributed by atoms with Gasteiger partial charge in [-0.1, -0.05) is 85.3 Å².